The molecule has 0 aliphatic heterocycles. The van der Waals surface area contributed by atoms with E-state index in [-0.39, 0.29) is 5.91 Å². The van der Waals surface area contributed by atoms with Crippen LogP contribution in [-0.4, -0.2) is 42.6 Å². The number of methoxy groups -OCH3 is 1. The third kappa shape index (κ3) is 3.73. The fourth-order valence-electron chi connectivity index (χ4n) is 3.46. The maximum absolute atomic E-state index is 12.6. The SMILES string of the molecule is COc1ccc(C)cc1NC(=O)CCc1c(C)nn(-c2ccc3nncn3n2)c1C. The van der Waals surface area contributed by atoms with Gasteiger partial charge in [0, 0.05) is 12.1 Å². The van der Waals surface area contributed by atoms with Crippen molar-refractivity contribution in [3.8, 4) is 11.6 Å². The van der Waals surface area contributed by atoms with Crippen LogP contribution in [0.2, 0.25) is 0 Å². The molecule has 9 nitrogen and oxygen atoms in total. The number of hydrogen-bond acceptors (Lipinski definition) is 6. The number of carbonyl (C=O) groups is 1. The van der Waals surface area contributed by atoms with Crippen LogP contribution in [0.4, 0.5) is 5.69 Å². The lowest BCUT2D eigenvalue weighted by atomic mass is 10.1. The van der Waals surface area contributed by atoms with Gasteiger partial charge in [-0.2, -0.15) is 9.61 Å². The summed E-state index contributed by atoms with van der Waals surface area (Å²) in [5.41, 5.74) is 5.26. The summed E-state index contributed by atoms with van der Waals surface area (Å²) in [5, 5.41) is 19.9. The summed E-state index contributed by atoms with van der Waals surface area (Å²) in [6.07, 6.45) is 2.46. The first-order valence-electron chi connectivity index (χ1n) is 9.63. The third-order valence-electron chi connectivity index (χ3n) is 5.04. The van der Waals surface area contributed by atoms with Crippen molar-refractivity contribution in [2.24, 2.45) is 0 Å². The van der Waals surface area contributed by atoms with E-state index in [9.17, 15) is 4.79 Å². The predicted octanol–water partition coefficient (Wildman–Crippen LogP) is 2.82. The number of benzene rings is 1. The maximum Gasteiger partial charge on any atom is 0.224 e. The minimum atomic E-state index is -0.0746. The number of ether oxygens (including phenoxy) is 1. The molecule has 1 amide bonds. The first kappa shape index (κ1) is 19.6. The number of carbonyl (C=O) groups excluding carboxylic acids is 1. The Morgan fingerprint density at radius 2 is 1.97 bits per heavy atom. The number of anilines is 1. The van der Waals surface area contributed by atoms with Crippen LogP contribution in [0.15, 0.2) is 36.7 Å². The van der Waals surface area contributed by atoms with E-state index in [2.05, 4.69) is 25.7 Å². The Bertz CT molecular complexity index is 1230. The van der Waals surface area contributed by atoms with Crippen LogP contribution < -0.4 is 10.1 Å². The Kier molecular flexibility index (Phi) is 5.18. The van der Waals surface area contributed by atoms with Gasteiger partial charge in [0.15, 0.2) is 11.5 Å². The Hall–Kier alpha value is -3.75. The molecule has 9 heteroatoms. The fraction of sp³-hybridized carbons (Fsp3) is 0.286. The molecule has 3 aromatic heterocycles. The van der Waals surface area contributed by atoms with E-state index in [1.807, 2.05) is 51.1 Å². The quantitative estimate of drug-likeness (QED) is 0.530. The van der Waals surface area contributed by atoms with Crippen molar-refractivity contribution in [2.45, 2.75) is 33.6 Å². The molecular weight excluding hydrogens is 382 g/mol. The van der Waals surface area contributed by atoms with Crippen LogP contribution in [0.1, 0.15) is 28.9 Å². The van der Waals surface area contributed by atoms with Gasteiger partial charge in [0.05, 0.1) is 18.5 Å². The van der Waals surface area contributed by atoms with Crippen molar-refractivity contribution in [3.63, 3.8) is 0 Å². The second kappa shape index (κ2) is 7.94. The lowest BCUT2D eigenvalue weighted by Gasteiger charge is -2.11. The number of amides is 1. The molecule has 0 radical (unpaired) electrons. The molecule has 30 heavy (non-hydrogen) atoms. The molecule has 154 valence electrons. The fourth-order valence-corrected chi connectivity index (χ4v) is 3.46. The number of fused-ring (bicyclic) bond motifs is 1. The molecule has 0 aliphatic carbocycles. The van der Waals surface area contributed by atoms with Gasteiger partial charge in [-0.3, -0.25) is 4.79 Å². The first-order chi connectivity index (χ1) is 14.5. The molecule has 0 aliphatic rings. The second-order valence-electron chi connectivity index (χ2n) is 7.14. The van der Waals surface area contributed by atoms with Crippen LogP contribution in [-0.2, 0) is 11.2 Å². The number of rotatable bonds is 6. The Morgan fingerprint density at radius 3 is 2.77 bits per heavy atom. The van der Waals surface area contributed by atoms with Crippen molar-refractivity contribution in [3.05, 3.63) is 59.2 Å². The van der Waals surface area contributed by atoms with E-state index >= 15 is 0 Å². The first-order valence-corrected chi connectivity index (χ1v) is 9.63. The van der Waals surface area contributed by atoms with Crippen LogP contribution in [0, 0.1) is 20.8 Å². The molecule has 1 aromatic carbocycles. The Morgan fingerprint density at radius 1 is 1.13 bits per heavy atom. The third-order valence-corrected chi connectivity index (χ3v) is 5.04. The number of aromatic nitrogens is 6. The van der Waals surface area contributed by atoms with Gasteiger partial charge >= 0.3 is 0 Å². The van der Waals surface area contributed by atoms with Crippen molar-refractivity contribution in [1.29, 1.82) is 0 Å². The monoisotopic (exact) mass is 405 g/mol. The molecule has 0 bridgehead atoms. The lowest BCUT2D eigenvalue weighted by molar-refractivity contribution is -0.116. The van der Waals surface area contributed by atoms with Gasteiger partial charge in [0.25, 0.3) is 0 Å². The molecule has 4 rings (SSSR count). The smallest absolute Gasteiger partial charge is 0.224 e. The zero-order chi connectivity index (χ0) is 21.3. The zero-order valence-corrected chi connectivity index (χ0v) is 17.4. The minimum Gasteiger partial charge on any atom is -0.495 e. The van der Waals surface area contributed by atoms with Crippen molar-refractivity contribution >= 4 is 17.2 Å². The van der Waals surface area contributed by atoms with Crippen LogP contribution in [0.25, 0.3) is 11.5 Å². The standard InChI is InChI=1S/C21H23N7O2/c1-13-5-7-18(30-4)17(11-13)23-21(29)10-6-16-14(2)25-28(15(16)3)20-9-8-19-24-22-12-27(19)26-20/h5,7-9,11-12H,6,10H2,1-4H3,(H,23,29). The number of aryl methyl sites for hydroxylation is 2. The lowest BCUT2D eigenvalue weighted by Crippen LogP contribution is -2.13. The molecule has 0 unspecified atom stereocenters. The largest absolute Gasteiger partial charge is 0.495 e. The maximum atomic E-state index is 12.6. The van der Waals surface area contributed by atoms with Crippen molar-refractivity contribution in [2.75, 3.05) is 12.4 Å². The molecule has 4 aromatic rings. The number of nitrogens with one attached hydrogen (secondary N) is 1. The molecule has 1 N–H and O–H groups in total. The van der Waals surface area contributed by atoms with E-state index in [0.29, 0.717) is 35.7 Å². The van der Waals surface area contributed by atoms with E-state index < -0.39 is 0 Å². The minimum absolute atomic E-state index is 0.0746. The molecule has 0 atom stereocenters. The summed E-state index contributed by atoms with van der Waals surface area (Å²) in [4.78, 5) is 12.6. The van der Waals surface area contributed by atoms with Gasteiger partial charge in [0.1, 0.15) is 12.1 Å². The van der Waals surface area contributed by atoms with Gasteiger partial charge in [0.2, 0.25) is 5.91 Å². The van der Waals surface area contributed by atoms with E-state index in [1.54, 1.807) is 22.6 Å². The average molecular weight is 405 g/mol. The molecule has 0 saturated carbocycles. The summed E-state index contributed by atoms with van der Waals surface area (Å²) in [7, 11) is 1.59. The molecule has 0 saturated heterocycles. The summed E-state index contributed by atoms with van der Waals surface area (Å²) in [6.45, 7) is 5.90. The Balaban J connectivity index is 1.50. The van der Waals surface area contributed by atoms with Crippen LogP contribution in [0.3, 0.4) is 0 Å². The van der Waals surface area contributed by atoms with Gasteiger partial charge in [-0.1, -0.05) is 6.07 Å². The van der Waals surface area contributed by atoms with Crippen LogP contribution >= 0.6 is 0 Å². The Labute approximate surface area is 173 Å². The average Bonchev–Trinajstić information content (AvgIpc) is 3.30. The van der Waals surface area contributed by atoms with E-state index in [0.717, 1.165) is 22.5 Å². The molecule has 0 fully saturated rings. The van der Waals surface area contributed by atoms with Gasteiger partial charge < -0.3 is 10.1 Å². The van der Waals surface area contributed by atoms with Crippen molar-refractivity contribution < 1.29 is 9.53 Å². The highest BCUT2D eigenvalue weighted by Gasteiger charge is 2.16. The highest BCUT2D eigenvalue weighted by Crippen LogP contribution is 2.26. The molecule has 0 spiro atoms. The summed E-state index contributed by atoms with van der Waals surface area (Å²) in [6, 6.07) is 9.39. The highest BCUT2D eigenvalue weighted by atomic mass is 16.5. The highest BCUT2D eigenvalue weighted by molar-refractivity contribution is 5.92. The topological polar surface area (TPSA) is 99.2 Å². The summed E-state index contributed by atoms with van der Waals surface area (Å²) < 4.78 is 8.72. The summed E-state index contributed by atoms with van der Waals surface area (Å²) >= 11 is 0. The van der Waals surface area contributed by atoms with Crippen molar-refractivity contribution in [1.82, 2.24) is 29.6 Å². The van der Waals surface area contributed by atoms with Gasteiger partial charge in [-0.05, 0) is 62.6 Å². The van der Waals surface area contributed by atoms with Crippen LogP contribution in [0.5, 0.6) is 5.75 Å². The zero-order valence-electron chi connectivity index (χ0n) is 17.4. The van der Waals surface area contributed by atoms with E-state index in [1.165, 1.54) is 0 Å². The van der Waals surface area contributed by atoms with E-state index in [4.69, 9.17) is 4.74 Å². The molecular formula is C21H23N7O2. The number of nitrogens with zero attached hydrogens (tertiary/aromatic N) is 6. The van der Waals surface area contributed by atoms with Gasteiger partial charge in [-0.15, -0.1) is 15.3 Å². The summed E-state index contributed by atoms with van der Waals surface area (Å²) in [5.74, 6) is 1.24. The number of hydrogen-bond donors (Lipinski definition) is 1. The molecule has 3 heterocycles. The predicted molar refractivity (Wildman–Crippen MR) is 112 cm³/mol. The normalized spacial score (nSPS) is 11.1. The van der Waals surface area contributed by atoms with Gasteiger partial charge in [-0.25, -0.2) is 4.68 Å². The second-order valence-corrected chi connectivity index (χ2v) is 7.14.